The highest BCUT2D eigenvalue weighted by atomic mass is 79.9. The number of alkyl halides is 1. The highest BCUT2D eigenvalue weighted by molar-refractivity contribution is 9.09. The lowest BCUT2D eigenvalue weighted by Crippen LogP contribution is -1.93. The quantitative estimate of drug-likeness (QED) is 0.361. The van der Waals surface area contributed by atoms with E-state index in [1.54, 1.807) is 0 Å². The van der Waals surface area contributed by atoms with E-state index in [0.717, 1.165) is 5.33 Å². The lowest BCUT2D eigenvalue weighted by molar-refractivity contribution is -0.385. The molecule has 0 unspecified atom stereocenters. The van der Waals surface area contributed by atoms with Crippen LogP contribution in [0, 0.1) is 33.3 Å². The predicted molar refractivity (Wildman–Crippen MR) is 63.1 cm³/mol. The van der Waals surface area contributed by atoms with Gasteiger partial charge in [0.1, 0.15) is 5.56 Å². The molecule has 0 atom stereocenters. The maximum absolute atomic E-state index is 10.7. The summed E-state index contributed by atoms with van der Waals surface area (Å²) in [4.78, 5) is 10.2. The Balaban J connectivity index is 3.16. The van der Waals surface area contributed by atoms with Crippen molar-refractivity contribution in [3.63, 3.8) is 0 Å². The van der Waals surface area contributed by atoms with Crippen LogP contribution in [0.1, 0.15) is 17.5 Å². The lowest BCUT2D eigenvalue weighted by atomic mass is 10.1. The maximum Gasteiger partial charge on any atom is 0.286 e. The Morgan fingerprint density at radius 3 is 2.81 bits per heavy atom. The molecule has 0 saturated heterocycles. The van der Waals surface area contributed by atoms with Gasteiger partial charge in [-0.1, -0.05) is 27.8 Å². The van der Waals surface area contributed by atoms with Crippen molar-refractivity contribution in [2.24, 2.45) is 0 Å². The first-order chi connectivity index (χ1) is 7.69. The molecular formula is C11H7BrN2O2. The SMILES string of the molecule is N#Cc1ccc(C#CCCBr)c([N+](=O)[O-])c1. The second-order valence-electron chi connectivity index (χ2n) is 2.84. The standard InChI is InChI=1S/C11H7BrN2O2/c12-6-2-1-3-10-5-4-9(8-13)7-11(10)14(15)16/h4-5,7H,2,6H2. The molecule has 1 rings (SSSR count). The maximum atomic E-state index is 10.7. The monoisotopic (exact) mass is 278 g/mol. The van der Waals surface area contributed by atoms with Crippen LogP contribution >= 0.6 is 15.9 Å². The van der Waals surface area contributed by atoms with Gasteiger partial charge in [0.05, 0.1) is 16.6 Å². The molecule has 0 aromatic heterocycles. The van der Waals surface area contributed by atoms with Gasteiger partial charge in [-0.2, -0.15) is 5.26 Å². The van der Waals surface area contributed by atoms with Gasteiger partial charge in [-0.15, -0.1) is 0 Å². The van der Waals surface area contributed by atoms with Crippen LogP contribution in [0.2, 0.25) is 0 Å². The minimum Gasteiger partial charge on any atom is -0.258 e. The summed E-state index contributed by atoms with van der Waals surface area (Å²) in [6, 6.07) is 6.11. The van der Waals surface area contributed by atoms with Crippen molar-refractivity contribution in [3.8, 4) is 17.9 Å². The van der Waals surface area contributed by atoms with E-state index in [1.807, 2.05) is 6.07 Å². The fourth-order valence-corrected chi connectivity index (χ4v) is 1.26. The van der Waals surface area contributed by atoms with Crippen molar-refractivity contribution in [1.29, 1.82) is 5.26 Å². The van der Waals surface area contributed by atoms with Crippen LogP contribution in [0.25, 0.3) is 0 Å². The number of rotatable bonds is 2. The van der Waals surface area contributed by atoms with E-state index in [2.05, 4.69) is 27.8 Å². The first-order valence-corrected chi connectivity index (χ1v) is 5.54. The number of hydrogen-bond acceptors (Lipinski definition) is 3. The van der Waals surface area contributed by atoms with E-state index in [9.17, 15) is 10.1 Å². The Labute approximate surface area is 101 Å². The van der Waals surface area contributed by atoms with Gasteiger partial charge in [0.25, 0.3) is 5.69 Å². The van der Waals surface area contributed by atoms with Gasteiger partial charge < -0.3 is 0 Å². The van der Waals surface area contributed by atoms with Crippen LogP contribution in [-0.4, -0.2) is 10.3 Å². The Kier molecular flexibility index (Phi) is 4.50. The third-order valence-corrected chi connectivity index (χ3v) is 2.16. The molecule has 4 nitrogen and oxygen atoms in total. The molecule has 16 heavy (non-hydrogen) atoms. The van der Waals surface area contributed by atoms with E-state index in [4.69, 9.17) is 5.26 Å². The second kappa shape index (κ2) is 5.89. The number of nitro groups is 1. The third-order valence-electron chi connectivity index (χ3n) is 1.77. The van der Waals surface area contributed by atoms with Crippen molar-refractivity contribution in [1.82, 2.24) is 0 Å². The van der Waals surface area contributed by atoms with Crippen LogP contribution in [0.15, 0.2) is 18.2 Å². The average molecular weight is 279 g/mol. The summed E-state index contributed by atoms with van der Waals surface area (Å²) in [7, 11) is 0. The molecule has 5 heteroatoms. The molecule has 0 heterocycles. The summed E-state index contributed by atoms with van der Waals surface area (Å²) in [6.45, 7) is 0. The van der Waals surface area contributed by atoms with Gasteiger partial charge in [0, 0.05) is 17.8 Å². The molecule has 0 aliphatic heterocycles. The lowest BCUT2D eigenvalue weighted by Gasteiger charge is -1.95. The van der Waals surface area contributed by atoms with E-state index >= 15 is 0 Å². The zero-order chi connectivity index (χ0) is 12.0. The molecular weight excluding hydrogens is 272 g/mol. The molecule has 0 spiro atoms. The van der Waals surface area contributed by atoms with Crippen molar-refractivity contribution in [2.75, 3.05) is 5.33 Å². The number of nitriles is 1. The zero-order valence-corrected chi connectivity index (χ0v) is 9.82. The van der Waals surface area contributed by atoms with Crippen LogP contribution in [0.3, 0.4) is 0 Å². The minimum absolute atomic E-state index is 0.124. The Bertz CT molecular complexity index is 509. The van der Waals surface area contributed by atoms with Crippen molar-refractivity contribution in [3.05, 3.63) is 39.4 Å². The van der Waals surface area contributed by atoms with Gasteiger partial charge in [-0.05, 0) is 12.1 Å². The Hall–Kier alpha value is -1.85. The largest absolute Gasteiger partial charge is 0.286 e. The van der Waals surface area contributed by atoms with Crippen molar-refractivity contribution >= 4 is 21.6 Å². The first-order valence-electron chi connectivity index (χ1n) is 4.42. The van der Waals surface area contributed by atoms with E-state index in [-0.39, 0.29) is 11.3 Å². The summed E-state index contributed by atoms with van der Waals surface area (Å²) in [5.41, 5.74) is 0.476. The van der Waals surface area contributed by atoms with Crippen LogP contribution in [0.5, 0.6) is 0 Å². The molecule has 0 amide bonds. The molecule has 1 aromatic rings. The molecule has 1 aromatic carbocycles. The summed E-state index contributed by atoms with van der Waals surface area (Å²) in [5, 5.41) is 20.1. The molecule has 0 aliphatic rings. The fraction of sp³-hybridized carbons (Fsp3) is 0.182. The van der Waals surface area contributed by atoms with Gasteiger partial charge in [-0.25, -0.2) is 0 Å². The van der Waals surface area contributed by atoms with Gasteiger partial charge in [0.2, 0.25) is 0 Å². The average Bonchev–Trinajstić information content (AvgIpc) is 2.29. The van der Waals surface area contributed by atoms with E-state index in [1.165, 1.54) is 18.2 Å². The molecule has 80 valence electrons. The predicted octanol–water partition coefficient (Wildman–Crippen LogP) is 2.60. The molecule has 0 radical (unpaired) electrons. The topological polar surface area (TPSA) is 66.9 Å². The number of hydrogen-bond donors (Lipinski definition) is 0. The van der Waals surface area contributed by atoms with Crippen molar-refractivity contribution < 1.29 is 4.92 Å². The Morgan fingerprint density at radius 1 is 1.50 bits per heavy atom. The summed E-state index contributed by atoms with van der Waals surface area (Å²) >= 11 is 3.21. The molecule has 0 N–H and O–H groups in total. The second-order valence-corrected chi connectivity index (χ2v) is 3.63. The van der Waals surface area contributed by atoms with Crippen LogP contribution < -0.4 is 0 Å². The highest BCUT2D eigenvalue weighted by Crippen LogP contribution is 2.18. The zero-order valence-electron chi connectivity index (χ0n) is 8.24. The summed E-state index contributed by atoms with van der Waals surface area (Å²) < 4.78 is 0. The van der Waals surface area contributed by atoms with Gasteiger partial charge >= 0.3 is 0 Å². The van der Waals surface area contributed by atoms with E-state index in [0.29, 0.717) is 12.0 Å². The number of nitro benzene ring substituents is 1. The molecule has 0 bridgehead atoms. The number of benzene rings is 1. The first kappa shape index (κ1) is 12.2. The smallest absolute Gasteiger partial charge is 0.258 e. The minimum atomic E-state index is -0.529. The van der Waals surface area contributed by atoms with Crippen molar-refractivity contribution in [2.45, 2.75) is 6.42 Å². The molecule has 0 aliphatic carbocycles. The summed E-state index contributed by atoms with van der Waals surface area (Å²) in [6.07, 6.45) is 0.622. The van der Waals surface area contributed by atoms with Gasteiger partial charge in [0.15, 0.2) is 0 Å². The van der Waals surface area contributed by atoms with Gasteiger partial charge in [-0.3, -0.25) is 10.1 Å². The van der Waals surface area contributed by atoms with Crippen LogP contribution in [-0.2, 0) is 0 Å². The number of halogens is 1. The normalized spacial score (nSPS) is 8.75. The third kappa shape index (κ3) is 3.08. The summed E-state index contributed by atoms with van der Waals surface area (Å²) in [5.74, 6) is 5.52. The Morgan fingerprint density at radius 2 is 2.25 bits per heavy atom. The fourth-order valence-electron chi connectivity index (χ4n) is 1.06. The molecule has 0 fully saturated rings. The number of nitrogens with zero attached hydrogens (tertiary/aromatic N) is 2. The van der Waals surface area contributed by atoms with E-state index < -0.39 is 4.92 Å². The molecule has 0 saturated carbocycles. The highest BCUT2D eigenvalue weighted by Gasteiger charge is 2.12. The van der Waals surface area contributed by atoms with Crippen LogP contribution in [0.4, 0.5) is 5.69 Å².